The molecule has 98 valence electrons. The van der Waals surface area contributed by atoms with Gasteiger partial charge < -0.3 is 16.4 Å². The number of rotatable bonds is 2. The number of urea groups is 1. The molecule has 0 radical (unpaired) electrons. The van der Waals surface area contributed by atoms with Crippen LogP contribution in [0.25, 0.3) is 0 Å². The van der Waals surface area contributed by atoms with Crippen molar-refractivity contribution in [3.8, 4) is 0 Å². The maximum atomic E-state index is 11.8. The van der Waals surface area contributed by atoms with E-state index in [4.69, 9.17) is 5.73 Å². The quantitative estimate of drug-likeness (QED) is 0.733. The largest absolute Gasteiger partial charge is 0.399 e. The highest BCUT2D eigenvalue weighted by Gasteiger charge is 2.03. The number of nitrogen functional groups attached to an aromatic ring is 1. The second kappa shape index (κ2) is 5.75. The van der Waals surface area contributed by atoms with Crippen molar-refractivity contribution in [2.45, 2.75) is 6.92 Å². The Morgan fingerprint density at radius 3 is 2.32 bits per heavy atom. The molecule has 2 rings (SSSR count). The Bertz CT molecular complexity index is 576. The van der Waals surface area contributed by atoms with Crippen LogP contribution in [0.2, 0.25) is 0 Å². The van der Waals surface area contributed by atoms with E-state index in [-0.39, 0.29) is 6.03 Å². The molecule has 0 aliphatic carbocycles. The molecule has 4 N–H and O–H groups in total. The lowest BCUT2D eigenvalue weighted by molar-refractivity contribution is 0.262. The Balaban J connectivity index is 2.03. The van der Waals surface area contributed by atoms with Gasteiger partial charge in [-0.1, -0.05) is 15.9 Å². The summed E-state index contributed by atoms with van der Waals surface area (Å²) in [5, 5.41) is 5.51. The lowest BCUT2D eigenvalue weighted by atomic mass is 10.2. The fourth-order valence-electron chi connectivity index (χ4n) is 1.67. The first kappa shape index (κ1) is 13.4. The molecule has 0 saturated carbocycles. The summed E-state index contributed by atoms with van der Waals surface area (Å²) in [6.45, 7) is 1.97. The Kier molecular flexibility index (Phi) is 4.06. The topological polar surface area (TPSA) is 67.2 Å². The molecule has 2 aromatic rings. The van der Waals surface area contributed by atoms with Crippen LogP contribution >= 0.6 is 15.9 Å². The molecule has 0 atom stereocenters. The highest BCUT2D eigenvalue weighted by atomic mass is 79.9. The zero-order chi connectivity index (χ0) is 13.8. The third-order valence-corrected chi connectivity index (χ3v) is 2.93. The number of hydrogen-bond acceptors (Lipinski definition) is 2. The zero-order valence-corrected chi connectivity index (χ0v) is 12.0. The number of nitrogens with two attached hydrogens (primary N) is 1. The lowest BCUT2D eigenvalue weighted by Crippen LogP contribution is -2.19. The maximum Gasteiger partial charge on any atom is 0.323 e. The number of halogens is 1. The van der Waals surface area contributed by atoms with E-state index in [0.29, 0.717) is 11.4 Å². The molecule has 0 aliphatic rings. The van der Waals surface area contributed by atoms with Crippen LogP contribution in [0.1, 0.15) is 5.56 Å². The summed E-state index contributed by atoms with van der Waals surface area (Å²) >= 11 is 3.39. The molecule has 2 amide bonds. The molecule has 5 heteroatoms. The minimum Gasteiger partial charge on any atom is -0.399 e. The average Bonchev–Trinajstić information content (AvgIpc) is 2.30. The first-order chi connectivity index (χ1) is 9.02. The molecular weight excluding hydrogens is 306 g/mol. The Labute approximate surface area is 120 Å². The van der Waals surface area contributed by atoms with Gasteiger partial charge in [-0.15, -0.1) is 0 Å². The van der Waals surface area contributed by atoms with Crippen LogP contribution in [0.3, 0.4) is 0 Å². The van der Waals surface area contributed by atoms with Crippen molar-refractivity contribution < 1.29 is 4.79 Å². The average molecular weight is 320 g/mol. The number of anilines is 3. The van der Waals surface area contributed by atoms with E-state index in [0.717, 1.165) is 15.7 Å². The van der Waals surface area contributed by atoms with E-state index in [1.165, 1.54) is 0 Å². The molecule has 0 aromatic heterocycles. The van der Waals surface area contributed by atoms with Crippen molar-refractivity contribution in [1.82, 2.24) is 0 Å². The minimum absolute atomic E-state index is 0.290. The predicted octanol–water partition coefficient (Wildman–Crippen LogP) is 3.98. The molecule has 0 spiro atoms. The van der Waals surface area contributed by atoms with Gasteiger partial charge in [-0.25, -0.2) is 4.79 Å². The monoisotopic (exact) mass is 319 g/mol. The summed E-state index contributed by atoms with van der Waals surface area (Å²) in [6, 6.07) is 12.4. The van der Waals surface area contributed by atoms with E-state index < -0.39 is 0 Å². The van der Waals surface area contributed by atoms with Crippen LogP contribution in [0, 0.1) is 6.92 Å². The number of carbonyl (C=O) groups excluding carboxylic acids is 1. The summed E-state index contributed by atoms with van der Waals surface area (Å²) in [5.74, 6) is 0. The molecule has 0 heterocycles. The van der Waals surface area contributed by atoms with Gasteiger partial charge in [0.2, 0.25) is 0 Å². The first-order valence-corrected chi connectivity index (χ1v) is 6.53. The fourth-order valence-corrected chi connectivity index (χ4v) is 2.28. The minimum atomic E-state index is -0.290. The van der Waals surface area contributed by atoms with Crippen molar-refractivity contribution in [3.63, 3.8) is 0 Å². The fraction of sp³-hybridized carbons (Fsp3) is 0.0714. The van der Waals surface area contributed by atoms with Gasteiger partial charge >= 0.3 is 6.03 Å². The van der Waals surface area contributed by atoms with Gasteiger partial charge in [0.15, 0.2) is 0 Å². The van der Waals surface area contributed by atoms with Crippen LogP contribution in [-0.4, -0.2) is 6.03 Å². The van der Waals surface area contributed by atoms with E-state index in [1.807, 2.05) is 25.1 Å². The van der Waals surface area contributed by atoms with Gasteiger partial charge in [-0.2, -0.15) is 0 Å². The van der Waals surface area contributed by atoms with Crippen LogP contribution in [-0.2, 0) is 0 Å². The number of amides is 2. The number of benzene rings is 2. The standard InChI is InChI=1S/C14H14BrN3O/c1-9-6-10(15)8-13(7-9)18-14(19)17-12-4-2-11(16)3-5-12/h2-8H,16H2,1H3,(H2,17,18,19). The third-order valence-electron chi connectivity index (χ3n) is 2.47. The highest BCUT2D eigenvalue weighted by Crippen LogP contribution is 2.19. The summed E-state index contributed by atoms with van der Waals surface area (Å²) in [4.78, 5) is 11.8. The molecule has 0 unspecified atom stereocenters. The van der Waals surface area contributed by atoms with Gasteiger partial charge in [0.05, 0.1) is 0 Å². The second-order valence-electron chi connectivity index (χ2n) is 4.22. The number of carbonyl (C=O) groups is 1. The lowest BCUT2D eigenvalue weighted by Gasteiger charge is -2.09. The maximum absolute atomic E-state index is 11.8. The van der Waals surface area contributed by atoms with Gasteiger partial charge in [0, 0.05) is 21.5 Å². The van der Waals surface area contributed by atoms with E-state index >= 15 is 0 Å². The van der Waals surface area contributed by atoms with Crippen molar-refractivity contribution in [3.05, 3.63) is 52.5 Å². The molecule has 2 aromatic carbocycles. The second-order valence-corrected chi connectivity index (χ2v) is 5.13. The van der Waals surface area contributed by atoms with Gasteiger partial charge in [-0.3, -0.25) is 0 Å². The molecule has 4 nitrogen and oxygen atoms in total. The van der Waals surface area contributed by atoms with Gasteiger partial charge in [0.1, 0.15) is 0 Å². The first-order valence-electron chi connectivity index (χ1n) is 5.74. The van der Waals surface area contributed by atoms with Crippen LogP contribution in [0.4, 0.5) is 21.9 Å². The van der Waals surface area contributed by atoms with Crippen LogP contribution < -0.4 is 16.4 Å². The molecule has 0 saturated heterocycles. The normalized spacial score (nSPS) is 10.0. The summed E-state index contributed by atoms with van der Waals surface area (Å²) in [5.41, 5.74) is 8.74. The van der Waals surface area contributed by atoms with Crippen molar-refractivity contribution >= 4 is 39.0 Å². The summed E-state index contributed by atoms with van der Waals surface area (Å²) in [7, 11) is 0. The molecule has 0 aliphatic heterocycles. The zero-order valence-electron chi connectivity index (χ0n) is 10.4. The number of aryl methyl sites for hydroxylation is 1. The van der Waals surface area contributed by atoms with E-state index in [1.54, 1.807) is 24.3 Å². The number of nitrogens with one attached hydrogen (secondary N) is 2. The molecular formula is C14H14BrN3O. The summed E-state index contributed by atoms with van der Waals surface area (Å²) < 4.78 is 0.926. The smallest absolute Gasteiger partial charge is 0.323 e. The Morgan fingerprint density at radius 2 is 1.68 bits per heavy atom. The Morgan fingerprint density at radius 1 is 1.05 bits per heavy atom. The van der Waals surface area contributed by atoms with Gasteiger partial charge in [-0.05, 0) is 55.0 Å². The summed E-state index contributed by atoms with van der Waals surface area (Å²) in [6.07, 6.45) is 0. The van der Waals surface area contributed by atoms with Crippen molar-refractivity contribution in [1.29, 1.82) is 0 Å². The predicted molar refractivity (Wildman–Crippen MR) is 82.4 cm³/mol. The van der Waals surface area contributed by atoms with E-state index in [2.05, 4.69) is 26.6 Å². The van der Waals surface area contributed by atoms with Crippen molar-refractivity contribution in [2.24, 2.45) is 0 Å². The SMILES string of the molecule is Cc1cc(Br)cc(NC(=O)Nc2ccc(N)cc2)c1. The van der Waals surface area contributed by atoms with Crippen LogP contribution in [0.5, 0.6) is 0 Å². The van der Waals surface area contributed by atoms with Gasteiger partial charge in [0.25, 0.3) is 0 Å². The van der Waals surface area contributed by atoms with Crippen molar-refractivity contribution in [2.75, 3.05) is 16.4 Å². The van der Waals surface area contributed by atoms with Crippen LogP contribution in [0.15, 0.2) is 46.9 Å². The Hall–Kier alpha value is -2.01. The molecule has 0 fully saturated rings. The molecule has 19 heavy (non-hydrogen) atoms. The molecule has 0 bridgehead atoms. The number of hydrogen-bond donors (Lipinski definition) is 3. The van der Waals surface area contributed by atoms with E-state index in [9.17, 15) is 4.79 Å². The highest BCUT2D eigenvalue weighted by molar-refractivity contribution is 9.10. The third kappa shape index (κ3) is 3.99.